The number of fused-ring (bicyclic) bond motifs is 3. The Morgan fingerprint density at radius 2 is 1.62 bits per heavy atom. The molecule has 0 bridgehead atoms. The van der Waals surface area contributed by atoms with Gasteiger partial charge in [-0.25, -0.2) is 9.67 Å². The number of benzene rings is 2. The lowest BCUT2D eigenvalue weighted by atomic mass is 10.1. The number of ether oxygens (including phenoxy) is 4. The van der Waals surface area contributed by atoms with Crippen molar-refractivity contribution < 1.29 is 41.3 Å². The van der Waals surface area contributed by atoms with Crippen LogP contribution in [0.2, 0.25) is 0 Å². The maximum absolute atomic E-state index is 13.5. The van der Waals surface area contributed by atoms with Crippen molar-refractivity contribution in [1.82, 2.24) is 19.7 Å². The van der Waals surface area contributed by atoms with Gasteiger partial charge in [0.25, 0.3) is 5.56 Å². The second kappa shape index (κ2) is 7.85. The van der Waals surface area contributed by atoms with Crippen LogP contribution >= 0.6 is 0 Å². The van der Waals surface area contributed by atoms with Crippen molar-refractivity contribution in [3.63, 3.8) is 0 Å². The fourth-order valence-electron chi connectivity index (χ4n) is 4.56. The Bertz CT molecular complexity index is 1730. The number of carbonyl (C=O) groups excluding carboxylic acids is 1. The zero-order chi connectivity index (χ0) is 27.1. The first-order valence-electron chi connectivity index (χ1n) is 11.6. The monoisotopic (exact) mass is 545 g/mol. The fraction of sp³-hybridized carbons (Fsp3) is 0.250. The molecule has 0 saturated heterocycles. The van der Waals surface area contributed by atoms with Gasteiger partial charge in [-0.3, -0.25) is 9.59 Å². The van der Waals surface area contributed by atoms with Crippen molar-refractivity contribution in [1.29, 1.82) is 0 Å². The molecule has 7 rings (SSSR count). The van der Waals surface area contributed by atoms with E-state index in [-0.39, 0.29) is 57.0 Å². The third-order valence-corrected chi connectivity index (χ3v) is 6.34. The summed E-state index contributed by atoms with van der Waals surface area (Å²) in [5.74, 6) is -1.33. The number of rotatable bonds is 5. The maximum atomic E-state index is 13.5. The molecule has 4 heterocycles. The number of imidazole rings is 1. The second-order valence-electron chi connectivity index (χ2n) is 9.06. The molecular formula is C24H15F4N5O6. The Morgan fingerprint density at radius 1 is 0.974 bits per heavy atom. The third kappa shape index (κ3) is 3.97. The SMILES string of the molecule is O=C(Cn1nc(-c2ccc3c(c2)OC(F)(F)O3)c2nc[nH]c2c1=O)N(c1ccc2c(c1)OC(F)(F)O2)C1CC1. The molecule has 1 saturated carbocycles. The smallest absolute Gasteiger partial charge is 0.395 e. The molecule has 2 aromatic carbocycles. The van der Waals surface area contributed by atoms with Crippen molar-refractivity contribution in [2.24, 2.45) is 0 Å². The largest absolute Gasteiger partial charge is 0.586 e. The standard InChI is InChI=1S/C24H15F4N5O6/c25-23(26)36-14-5-1-11(7-16(14)38-23)19-20-21(30-10-29-20)22(35)32(31-19)9-18(34)33(12-2-3-12)13-4-6-15-17(8-13)39-24(27,28)37-15/h1,4-8,10,12H,2-3,9H2,(H,29,30). The number of nitrogens with zero attached hydrogens (tertiary/aromatic N) is 4. The van der Waals surface area contributed by atoms with Crippen molar-refractivity contribution in [2.45, 2.75) is 38.0 Å². The van der Waals surface area contributed by atoms with Crippen molar-refractivity contribution in [2.75, 3.05) is 4.90 Å². The zero-order valence-corrected chi connectivity index (χ0v) is 19.5. The van der Waals surface area contributed by atoms with E-state index >= 15 is 0 Å². The van der Waals surface area contributed by atoms with Crippen molar-refractivity contribution >= 4 is 22.6 Å². The highest BCUT2D eigenvalue weighted by Gasteiger charge is 2.45. The molecule has 1 N–H and O–H groups in total. The number of anilines is 1. The summed E-state index contributed by atoms with van der Waals surface area (Å²) in [6.45, 7) is -0.509. The molecule has 0 unspecified atom stereocenters. The Morgan fingerprint density at radius 3 is 2.31 bits per heavy atom. The van der Waals surface area contributed by atoms with Gasteiger partial charge in [0.2, 0.25) is 5.91 Å². The van der Waals surface area contributed by atoms with Crippen molar-refractivity contribution in [3.8, 4) is 34.3 Å². The van der Waals surface area contributed by atoms with Gasteiger partial charge in [-0.1, -0.05) is 0 Å². The van der Waals surface area contributed by atoms with Crippen LogP contribution in [-0.2, 0) is 11.3 Å². The Balaban J connectivity index is 1.24. The number of aromatic nitrogens is 4. The highest BCUT2D eigenvalue weighted by molar-refractivity contribution is 5.95. The lowest BCUT2D eigenvalue weighted by molar-refractivity contribution is -0.287. The van der Waals surface area contributed by atoms with E-state index in [1.165, 1.54) is 47.6 Å². The van der Waals surface area contributed by atoms with Gasteiger partial charge < -0.3 is 28.8 Å². The van der Waals surface area contributed by atoms with Crippen molar-refractivity contribution in [3.05, 3.63) is 53.1 Å². The number of amides is 1. The third-order valence-electron chi connectivity index (χ3n) is 6.34. The quantitative estimate of drug-likeness (QED) is 0.378. The summed E-state index contributed by atoms with van der Waals surface area (Å²) in [6, 6.07) is 7.76. The molecule has 1 fully saturated rings. The van der Waals surface area contributed by atoms with Gasteiger partial charge in [0, 0.05) is 23.4 Å². The van der Waals surface area contributed by atoms with Crippen LogP contribution in [0.25, 0.3) is 22.3 Å². The molecule has 39 heavy (non-hydrogen) atoms. The summed E-state index contributed by atoms with van der Waals surface area (Å²) < 4.78 is 72.8. The number of hydrogen-bond donors (Lipinski definition) is 1. The fourth-order valence-corrected chi connectivity index (χ4v) is 4.56. The van der Waals surface area contributed by atoms with E-state index in [4.69, 9.17) is 0 Å². The van der Waals surface area contributed by atoms with Crippen LogP contribution in [0, 0.1) is 0 Å². The van der Waals surface area contributed by atoms with E-state index in [0.29, 0.717) is 12.8 Å². The van der Waals surface area contributed by atoms with Crippen LogP contribution in [0.15, 0.2) is 47.5 Å². The summed E-state index contributed by atoms with van der Waals surface area (Å²) in [5.41, 5.74) is 0.250. The van der Waals surface area contributed by atoms with E-state index in [1.54, 1.807) is 0 Å². The summed E-state index contributed by atoms with van der Waals surface area (Å²) in [6.07, 6.45) is -5.02. The topological polar surface area (TPSA) is 121 Å². The van der Waals surface area contributed by atoms with Crippen LogP contribution in [0.3, 0.4) is 0 Å². The minimum Gasteiger partial charge on any atom is -0.395 e. The minimum absolute atomic E-state index is 0.0408. The Labute approximate surface area is 214 Å². The number of alkyl halides is 4. The first-order valence-corrected chi connectivity index (χ1v) is 11.6. The number of halogens is 4. The second-order valence-corrected chi connectivity index (χ2v) is 9.06. The molecule has 1 amide bonds. The molecule has 0 atom stereocenters. The van der Waals surface area contributed by atoms with E-state index < -0.39 is 30.6 Å². The van der Waals surface area contributed by atoms with Crippen LogP contribution in [0.1, 0.15) is 12.8 Å². The van der Waals surface area contributed by atoms with Crippen LogP contribution in [-0.4, -0.2) is 44.3 Å². The van der Waals surface area contributed by atoms with Gasteiger partial charge >= 0.3 is 12.6 Å². The van der Waals surface area contributed by atoms with Gasteiger partial charge in [0.1, 0.15) is 23.3 Å². The molecule has 0 spiro atoms. The van der Waals surface area contributed by atoms with Gasteiger partial charge in [0.15, 0.2) is 23.0 Å². The van der Waals surface area contributed by atoms with E-state index in [1.807, 2.05) is 0 Å². The lowest BCUT2D eigenvalue weighted by Crippen LogP contribution is -2.39. The first-order chi connectivity index (χ1) is 18.6. The summed E-state index contributed by atoms with van der Waals surface area (Å²) in [7, 11) is 0. The average Bonchev–Trinajstić information content (AvgIpc) is 3.32. The van der Waals surface area contributed by atoms with Gasteiger partial charge in [-0.2, -0.15) is 5.10 Å². The number of hydrogen-bond acceptors (Lipinski definition) is 8. The van der Waals surface area contributed by atoms with Crippen LogP contribution < -0.4 is 29.4 Å². The number of carbonyl (C=O) groups is 1. The lowest BCUT2D eigenvalue weighted by Gasteiger charge is -2.23. The van der Waals surface area contributed by atoms with E-state index in [2.05, 4.69) is 34.0 Å². The number of nitrogens with one attached hydrogen (secondary N) is 1. The number of aromatic amines is 1. The minimum atomic E-state index is -3.82. The first kappa shape index (κ1) is 23.3. The summed E-state index contributed by atoms with van der Waals surface area (Å²) >= 11 is 0. The molecular weight excluding hydrogens is 530 g/mol. The summed E-state index contributed by atoms with van der Waals surface area (Å²) in [5, 5.41) is 4.32. The molecule has 4 aromatic rings. The van der Waals surface area contributed by atoms with Crippen LogP contribution in [0.4, 0.5) is 23.2 Å². The molecule has 1 aliphatic carbocycles. The predicted octanol–water partition coefficient (Wildman–Crippen LogP) is 3.63. The average molecular weight is 545 g/mol. The summed E-state index contributed by atoms with van der Waals surface area (Å²) in [4.78, 5) is 34.9. The molecule has 2 aliphatic heterocycles. The normalized spacial score (nSPS) is 17.9. The molecule has 200 valence electrons. The van der Waals surface area contributed by atoms with E-state index in [0.717, 1.165) is 4.68 Å². The molecule has 3 aliphatic rings. The molecule has 0 radical (unpaired) electrons. The van der Waals surface area contributed by atoms with Gasteiger partial charge in [0.05, 0.1) is 6.33 Å². The van der Waals surface area contributed by atoms with Crippen LogP contribution in [0.5, 0.6) is 23.0 Å². The molecule has 11 nitrogen and oxygen atoms in total. The molecule has 2 aromatic heterocycles. The van der Waals surface area contributed by atoms with Gasteiger partial charge in [-0.15, -0.1) is 17.6 Å². The zero-order valence-electron chi connectivity index (χ0n) is 19.5. The van der Waals surface area contributed by atoms with E-state index in [9.17, 15) is 27.2 Å². The Hall–Kier alpha value is -4.82. The predicted molar refractivity (Wildman–Crippen MR) is 123 cm³/mol. The maximum Gasteiger partial charge on any atom is 0.586 e. The van der Waals surface area contributed by atoms with Gasteiger partial charge in [-0.05, 0) is 43.2 Å². The number of H-pyrrole nitrogens is 1. The highest BCUT2D eigenvalue weighted by Crippen LogP contribution is 2.45. The Kier molecular flexibility index (Phi) is 4.69. The molecule has 15 heteroatoms. The highest BCUT2D eigenvalue weighted by atomic mass is 19.3.